The van der Waals surface area contributed by atoms with E-state index in [0.29, 0.717) is 36.6 Å². The van der Waals surface area contributed by atoms with Crippen molar-refractivity contribution in [3.8, 4) is 0 Å². The maximum Gasteiger partial charge on any atom is 0.230 e. The summed E-state index contributed by atoms with van der Waals surface area (Å²) in [5, 5.41) is 3.66. The van der Waals surface area contributed by atoms with Gasteiger partial charge < -0.3 is 19.9 Å². The number of amides is 2. The van der Waals surface area contributed by atoms with Crippen LogP contribution in [0.1, 0.15) is 19.3 Å². The van der Waals surface area contributed by atoms with E-state index in [1.165, 1.54) is 11.8 Å². The van der Waals surface area contributed by atoms with E-state index in [0.717, 1.165) is 38.2 Å². The first-order chi connectivity index (χ1) is 13.6. The predicted molar refractivity (Wildman–Crippen MR) is 109 cm³/mol. The molecule has 1 saturated carbocycles. The standard InChI is InChI=1S/C18H26ClN5O3S/c1-27-10-2-5-20-16(25)12-28-18-21-14(19)11-15(22-18)23-6-8-24(9-7-23)17(26)13-3-4-13/h11,13H,2-10,12H2,1H3,(H,20,25). The Bertz CT molecular complexity index is 696. The second kappa shape index (κ2) is 10.3. The fourth-order valence-corrected chi connectivity index (χ4v) is 3.89. The second-order valence-corrected chi connectivity index (χ2v) is 8.23. The zero-order valence-electron chi connectivity index (χ0n) is 16.0. The number of hydrogen-bond acceptors (Lipinski definition) is 7. The Morgan fingerprint density at radius 3 is 2.71 bits per heavy atom. The minimum Gasteiger partial charge on any atom is -0.385 e. The number of hydrogen-bond donors (Lipinski definition) is 1. The van der Waals surface area contributed by atoms with Crippen molar-refractivity contribution in [2.45, 2.75) is 24.4 Å². The van der Waals surface area contributed by atoms with Gasteiger partial charge in [-0.25, -0.2) is 9.97 Å². The minimum absolute atomic E-state index is 0.0709. The molecular formula is C18H26ClN5O3S. The summed E-state index contributed by atoms with van der Waals surface area (Å²) < 4.78 is 4.95. The van der Waals surface area contributed by atoms with Gasteiger partial charge in [-0.2, -0.15) is 0 Å². The summed E-state index contributed by atoms with van der Waals surface area (Å²) in [5.74, 6) is 1.44. The molecular weight excluding hydrogens is 402 g/mol. The summed E-state index contributed by atoms with van der Waals surface area (Å²) in [6.07, 6.45) is 2.84. The molecule has 1 N–H and O–H groups in total. The number of halogens is 1. The van der Waals surface area contributed by atoms with E-state index < -0.39 is 0 Å². The van der Waals surface area contributed by atoms with Gasteiger partial charge >= 0.3 is 0 Å². The number of rotatable bonds is 9. The van der Waals surface area contributed by atoms with Crippen molar-refractivity contribution >= 4 is 41.0 Å². The summed E-state index contributed by atoms with van der Waals surface area (Å²) in [5.41, 5.74) is 0. The van der Waals surface area contributed by atoms with E-state index in [2.05, 4.69) is 20.2 Å². The third-order valence-electron chi connectivity index (χ3n) is 4.68. The number of anilines is 1. The SMILES string of the molecule is COCCCNC(=O)CSc1nc(Cl)cc(N2CCN(C(=O)C3CC3)CC2)n1. The van der Waals surface area contributed by atoms with Crippen LogP contribution in [0.25, 0.3) is 0 Å². The van der Waals surface area contributed by atoms with Gasteiger partial charge in [0.05, 0.1) is 5.75 Å². The number of ether oxygens (including phenoxy) is 1. The number of carbonyl (C=O) groups excluding carboxylic acids is 2. The van der Waals surface area contributed by atoms with Crippen molar-refractivity contribution < 1.29 is 14.3 Å². The molecule has 1 aliphatic carbocycles. The molecule has 1 aromatic rings. The van der Waals surface area contributed by atoms with Crippen molar-refractivity contribution in [2.24, 2.45) is 5.92 Å². The highest BCUT2D eigenvalue weighted by atomic mass is 35.5. The third kappa shape index (κ3) is 6.22. The van der Waals surface area contributed by atoms with E-state index >= 15 is 0 Å². The van der Waals surface area contributed by atoms with E-state index in [1.807, 2.05) is 4.90 Å². The van der Waals surface area contributed by atoms with E-state index in [-0.39, 0.29) is 23.5 Å². The molecule has 2 fully saturated rings. The van der Waals surface area contributed by atoms with Crippen LogP contribution in [0.5, 0.6) is 0 Å². The lowest BCUT2D eigenvalue weighted by Gasteiger charge is -2.35. The van der Waals surface area contributed by atoms with Crippen LogP contribution in [0.3, 0.4) is 0 Å². The first-order valence-corrected chi connectivity index (χ1v) is 10.9. The van der Waals surface area contributed by atoms with Crippen LogP contribution in [0, 0.1) is 5.92 Å². The Balaban J connectivity index is 1.49. The summed E-state index contributed by atoms with van der Waals surface area (Å²) in [4.78, 5) is 36.9. The molecule has 0 unspecified atom stereocenters. The van der Waals surface area contributed by atoms with Crippen LogP contribution in [0.2, 0.25) is 5.15 Å². The summed E-state index contributed by atoms with van der Waals surface area (Å²) in [6.45, 7) is 4.03. The van der Waals surface area contributed by atoms with Gasteiger partial charge in [-0.15, -0.1) is 0 Å². The minimum atomic E-state index is -0.0709. The first-order valence-electron chi connectivity index (χ1n) is 9.53. The average Bonchev–Trinajstić information content (AvgIpc) is 3.54. The van der Waals surface area contributed by atoms with Gasteiger partial charge in [-0.05, 0) is 19.3 Å². The molecule has 3 rings (SSSR count). The number of nitrogens with zero attached hydrogens (tertiary/aromatic N) is 4. The number of aromatic nitrogens is 2. The average molecular weight is 428 g/mol. The normalized spacial score (nSPS) is 16.9. The van der Waals surface area contributed by atoms with Gasteiger partial charge in [0.2, 0.25) is 11.8 Å². The van der Waals surface area contributed by atoms with Crippen molar-refractivity contribution in [3.05, 3.63) is 11.2 Å². The van der Waals surface area contributed by atoms with Crippen LogP contribution in [0.15, 0.2) is 11.2 Å². The monoisotopic (exact) mass is 427 g/mol. The van der Waals surface area contributed by atoms with E-state index in [1.54, 1.807) is 13.2 Å². The predicted octanol–water partition coefficient (Wildman–Crippen LogP) is 1.43. The molecule has 0 bridgehead atoms. The number of thioether (sulfide) groups is 1. The summed E-state index contributed by atoms with van der Waals surface area (Å²) >= 11 is 7.42. The van der Waals surface area contributed by atoms with Gasteiger partial charge in [0.15, 0.2) is 5.16 Å². The highest BCUT2D eigenvalue weighted by molar-refractivity contribution is 7.99. The molecule has 0 spiro atoms. The summed E-state index contributed by atoms with van der Waals surface area (Å²) in [7, 11) is 1.64. The maximum atomic E-state index is 12.2. The highest BCUT2D eigenvalue weighted by Gasteiger charge is 2.34. The van der Waals surface area contributed by atoms with Crippen LogP contribution in [-0.4, -0.2) is 78.9 Å². The lowest BCUT2D eigenvalue weighted by molar-refractivity contribution is -0.132. The third-order valence-corrected chi connectivity index (χ3v) is 5.72. The molecule has 2 aliphatic rings. The molecule has 154 valence electrons. The maximum absolute atomic E-state index is 12.2. The van der Waals surface area contributed by atoms with Crippen LogP contribution in [-0.2, 0) is 14.3 Å². The van der Waals surface area contributed by atoms with Crippen LogP contribution < -0.4 is 10.2 Å². The van der Waals surface area contributed by atoms with Crippen molar-refractivity contribution in [1.29, 1.82) is 0 Å². The van der Waals surface area contributed by atoms with E-state index in [9.17, 15) is 9.59 Å². The molecule has 0 radical (unpaired) electrons. The smallest absolute Gasteiger partial charge is 0.230 e. The highest BCUT2D eigenvalue weighted by Crippen LogP contribution is 2.31. The molecule has 0 atom stereocenters. The second-order valence-electron chi connectivity index (χ2n) is 6.90. The molecule has 8 nitrogen and oxygen atoms in total. The zero-order valence-corrected chi connectivity index (χ0v) is 17.6. The molecule has 1 aliphatic heterocycles. The van der Waals surface area contributed by atoms with Gasteiger partial charge in [-0.3, -0.25) is 9.59 Å². The van der Waals surface area contributed by atoms with Gasteiger partial charge in [0, 0.05) is 58.4 Å². The fraction of sp³-hybridized carbons (Fsp3) is 0.667. The Morgan fingerprint density at radius 1 is 1.29 bits per heavy atom. The lowest BCUT2D eigenvalue weighted by atomic mass is 10.2. The molecule has 28 heavy (non-hydrogen) atoms. The Morgan fingerprint density at radius 2 is 2.04 bits per heavy atom. The molecule has 2 amide bonds. The number of nitrogens with one attached hydrogen (secondary N) is 1. The van der Waals surface area contributed by atoms with Crippen LogP contribution >= 0.6 is 23.4 Å². The van der Waals surface area contributed by atoms with E-state index in [4.69, 9.17) is 16.3 Å². The summed E-state index contributed by atoms with van der Waals surface area (Å²) in [6, 6.07) is 1.73. The first kappa shape index (κ1) is 21.1. The van der Waals surface area contributed by atoms with Gasteiger partial charge in [0.1, 0.15) is 11.0 Å². The van der Waals surface area contributed by atoms with Gasteiger partial charge in [-0.1, -0.05) is 23.4 Å². The van der Waals surface area contributed by atoms with Gasteiger partial charge in [0.25, 0.3) is 0 Å². The quantitative estimate of drug-likeness (QED) is 0.276. The molecule has 0 aromatic carbocycles. The number of methoxy groups -OCH3 is 1. The van der Waals surface area contributed by atoms with Crippen molar-refractivity contribution in [1.82, 2.24) is 20.2 Å². The lowest BCUT2D eigenvalue weighted by Crippen LogP contribution is -2.49. The van der Waals surface area contributed by atoms with Crippen molar-refractivity contribution in [2.75, 3.05) is 57.1 Å². The topological polar surface area (TPSA) is 87.7 Å². The Labute approximate surface area is 174 Å². The number of carbonyl (C=O) groups is 2. The largest absolute Gasteiger partial charge is 0.385 e. The molecule has 10 heteroatoms. The Kier molecular flexibility index (Phi) is 7.75. The molecule has 2 heterocycles. The van der Waals surface area contributed by atoms with Crippen LogP contribution in [0.4, 0.5) is 5.82 Å². The zero-order chi connectivity index (χ0) is 19.9. The molecule has 1 saturated heterocycles. The Hall–Kier alpha value is -1.58. The van der Waals surface area contributed by atoms with Crippen molar-refractivity contribution in [3.63, 3.8) is 0 Å². The molecule has 1 aromatic heterocycles. The number of piperazine rings is 1. The fourth-order valence-electron chi connectivity index (χ4n) is 2.98.